The monoisotopic (exact) mass is 255 g/mol. The molecule has 1 amide bonds. The third-order valence-corrected chi connectivity index (χ3v) is 3.57. The van der Waals surface area contributed by atoms with Crippen molar-refractivity contribution in [1.82, 2.24) is 15.5 Å². The van der Waals surface area contributed by atoms with Gasteiger partial charge in [-0.1, -0.05) is 13.8 Å². The van der Waals surface area contributed by atoms with Crippen LogP contribution < -0.4 is 10.6 Å². The molecule has 0 aliphatic carbocycles. The van der Waals surface area contributed by atoms with Crippen molar-refractivity contribution in [2.45, 2.75) is 46.1 Å². The van der Waals surface area contributed by atoms with E-state index in [1.54, 1.807) is 0 Å². The predicted molar refractivity (Wildman–Crippen MR) is 75.6 cm³/mol. The van der Waals surface area contributed by atoms with Crippen LogP contribution >= 0.6 is 0 Å². The Morgan fingerprint density at radius 2 is 1.94 bits per heavy atom. The molecule has 0 spiro atoms. The molecule has 18 heavy (non-hydrogen) atoms. The van der Waals surface area contributed by atoms with E-state index >= 15 is 0 Å². The molecule has 1 saturated heterocycles. The van der Waals surface area contributed by atoms with E-state index < -0.39 is 0 Å². The van der Waals surface area contributed by atoms with Gasteiger partial charge in [0.05, 0.1) is 6.54 Å². The summed E-state index contributed by atoms with van der Waals surface area (Å²) < 4.78 is 0. The first-order chi connectivity index (χ1) is 8.61. The second kappa shape index (κ2) is 8.48. The standard InChI is InChI=1S/C14H29N3O/c1-4-13(3)16-14(18)10-15-9-12(2)11-17-7-5-6-8-17/h12-13,15H,4-11H2,1-3H3,(H,16,18). The van der Waals surface area contributed by atoms with Crippen molar-refractivity contribution in [2.24, 2.45) is 5.92 Å². The van der Waals surface area contributed by atoms with Crippen LogP contribution in [-0.4, -0.2) is 49.6 Å². The second-order valence-corrected chi connectivity index (χ2v) is 5.62. The average molecular weight is 255 g/mol. The minimum Gasteiger partial charge on any atom is -0.353 e. The first-order valence-corrected chi connectivity index (χ1v) is 7.34. The summed E-state index contributed by atoms with van der Waals surface area (Å²) in [7, 11) is 0. The van der Waals surface area contributed by atoms with Crippen molar-refractivity contribution in [2.75, 3.05) is 32.7 Å². The molecule has 0 aromatic rings. The Hall–Kier alpha value is -0.610. The number of hydrogen-bond acceptors (Lipinski definition) is 3. The van der Waals surface area contributed by atoms with E-state index in [4.69, 9.17) is 0 Å². The maximum absolute atomic E-state index is 11.6. The normalized spacial score (nSPS) is 19.7. The topological polar surface area (TPSA) is 44.4 Å². The summed E-state index contributed by atoms with van der Waals surface area (Å²) >= 11 is 0. The highest BCUT2D eigenvalue weighted by Gasteiger charge is 2.14. The largest absolute Gasteiger partial charge is 0.353 e. The van der Waals surface area contributed by atoms with Crippen molar-refractivity contribution >= 4 is 5.91 Å². The molecule has 4 heteroatoms. The number of nitrogens with one attached hydrogen (secondary N) is 2. The summed E-state index contributed by atoms with van der Waals surface area (Å²) in [5, 5.41) is 6.21. The lowest BCUT2D eigenvalue weighted by atomic mass is 10.1. The van der Waals surface area contributed by atoms with Gasteiger partial charge in [-0.05, 0) is 51.7 Å². The van der Waals surface area contributed by atoms with Gasteiger partial charge in [-0.2, -0.15) is 0 Å². The second-order valence-electron chi connectivity index (χ2n) is 5.62. The van der Waals surface area contributed by atoms with E-state index in [2.05, 4.69) is 29.4 Å². The Morgan fingerprint density at radius 3 is 2.56 bits per heavy atom. The van der Waals surface area contributed by atoms with Crippen molar-refractivity contribution in [3.63, 3.8) is 0 Å². The number of likely N-dealkylation sites (tertiary alicyclic amines) is 1. The first-order valence-electron chi connectivity index (χ1n) is 7.34. The van der Waals surface area contributed by atoms with E-state index in [-0.39, 0.29) is 11.9 Å². The van der Waals surface area contributed by atoms with Crippen LogP contribution in [0.15, 0.2) is 0 Å². The molecular weight excluding hydrogens is 226 g/mol. The molecule has 106 valence electrons. The van der Waals surface area contributed by atoms with Crippen LogP contribution in [0.25, 0.3) is 0 Å². The van der Waals surface area contributed by atoms with Crippen LogP contribution in [0.1, 0.15) is 40.0 Å². The quantitative estimate of drug-likeness (QED) is 0.685. The molecule has 1 aliphatic rings. The maximum Gasteiger partial charge on any atom is 0.234 e. The van der Waals surface area contributed by atoms with Gasteiger partial charge in [0.2, 0.25) is 5.91 Å². The molecule has 1 heterocycles. The summed E-state index contributed by atoms with van der Waals surface area (Å²) in [6.45, 7) is 11.4. The van der Waals surface area contributed by atoms with Crippen molar-refractivity contribution in [3.05, 3.63) is 0 Å². The third kappa shape index (κ3) is 6.36. The Balaban J connectivity index is 2.03. The van der Waals surface area contributed by atoms with Gasteiger partial charge in [0.15, 0.2) is 0 Å². The molecule has 2 atom stereocenters. The Bertz CT molecular complexity index is 239. The van der Waals surface area contributed by atoms with E-state index in [0.717, 1.165) is 19.5 Å². The lowest BCUT2D eigenvalue weighted by Crippen LogP contribution is -2.40. The lowest BCUT2D eigenvalue weighted by molar-refractivity contribution is -0.120. The van der Waals surface area contributed by atoms with Gasteiger partial charge in [-0.25, -0.2) is 0 Å². The zero-order chi connectivity index (χ0) is 13.4. The molecule has 1 rings (SSSR count). The molecule has 2 unspecified atom stereocenters. The molecule has 2 N–H and O–H groups in total. The van der Waals surface area contributed by atoms with E-state index in [9.17, 15) is 4.79 Å². The average Bonchev–Trinajstić information content (AvgIpc) is 2.81. The molecule has 0 aromatic heterocycles. The third-order valence-electron chi connectivity index (χ3n) is 3.57. The Morgan fingerprint density at radius 1 is 1.28 bits per heavy atom. The van der Waals surface area contributed by atoms with Crippen molar-refractivity contribution in [3.8, 4) is 0 Å². The zero-order valence-corrected chi connectivity index (χ0v) is 12.2. The van der Waals surface area contributed by atoms with Crippen LogP contribution in [-0.2, 0) is 4.79 Å². The number of hydrogen-bond donors (Lipinski definition) is 2. The Kier molecular flexibility index (Phi) is 7.28. The van der Waals surface area contributed by atoms with E-state index in [1.165, 1.54) is 25.9 Å². The molecular formula is C14H29N3O. The molecule has 1 aliphatic heterocycles. The minimum atomic E-state index is 0.109. The number of carbonyl (C=O) groups excluding carboxylic acids is 1. The minimum absolute atomic E-state index is 0.109. The first kappa shape index (κ1) is 15.4. The molecule has 0 saturated carbocycles. The molecule has 0 radical (unpaired) electrons. The molecule has 4 nitrogen and oxygen atoms in total. The van der Waals surface area contributed by atoms with Crippen LogP contribution in [0.5, 0.6) is 0 Å². The van der Waals surface area contributed by atoms with Gasteiger partial charge in [-0.3, -0.25) is 4.79 Å². The fraction of sp³-hybridized carbons (Fsp3) is 0.929. The summed E-state index contributed by atoms with van der Waals surface area (Å²) in [6, 6.07) is 0.279. The fourth-order valence-electron chi connectivity index (χ4n) is 2.33. The number of carbonyl (C=O) groups is 1. The Labute approximate surface area is 111 Å². The smallest absolute Gasteiger partial charge is 0.234 e. The zero-order valence-electron chi connectivity index (χ0n) is 12.2. The van der Waals surface area contributed by atoms with Gasteiger partial charge in [0.1, 0.15) is 0 Å². The van der Waals surface area contributed by atoms with Crippen molar-refractivity contribution < 1.29 is 4.79 Å². The van der Waals surface area contributed by atoms with Crippen LogP contribution in [0.2, 0.25) is 0 Å². The predicted octanol–water partition coefficient (Wildman–Crippen LogP) is 1.22. The lowest BCUT2D eigenvalue weighted by Gasteiger charge is -2.20. The van der Waals surface area contributed by atoms with Gasteiger partial charge >= 0.3 is 0 Å². The molecule has 0 bridgehead atoms. The molecule has 1 fully saturated rings. The summed E-state index contributed by atoms with van der Waals surface area (Å²) in [5.74, 6) is 0.720. The summed E-state index contributed by atoms with van der Waals surface area (Å²) in [6.07, 6.45) is 3.67. The number of rotatable bonds is 8. The number of amides is 1. The number of nitrogens with zero attached hydrogens (tertiary/aromatic N) is 1. The highest BCUT2D eigenvalue weighted by molar-refractivity contribution is 5.78. The highest BCUT2D eigenvalue weighted by atomic mass is 16.1. The van der Waals surface area contributed by atoms with Gasteiger partial charge in [0, 0.05) is 12.6 Å². The highest BCUT2D eigenvalue weighted by Crippen LogP contribution is 2.09. The van der Waals surface area contributed by atoms with Crippen LogP contribution in [0, 0.1) is 5.92 Å². The SMILES string of the molecule is CCC(C)NC(=O)CNCC(C)CN1CCCC1. The summed E-state index contributed by atoms with van der Waals surface area (Å²) in [5.41, 5.74) is 0. The summed E-state index contributed by atoms with van der Waals surface area (Å²) in [4.78, 5) is 14.1. The van der Waals surface area contributed by atoms with Crippen molar-refractivity contribution in [1.29, 1.82) is 0 Å². The maximum atomic E-state index is 11.6. The van der Waals surface area contributed by atoms with Crippen LogP contribution in [0.3, 0.4) is 0 Å². The van der Waals surface area contributed by atoms with E-state index in [0.29, 0.717) is 12.5 Å². The molecule has 0 aromatic carbocycles. The fourth-order valence-corrected chi connectivity index (χ4v) is 2.33. The van der Waals surface area contributed by atoms with E-state index in [1.807, 2.05) is 6.92 Å². The van der Waals surface area contributed by atoms with Crippen LogP contribution in [0.4, 0.5) is 0 Å². The van der Waals surface area contributed by atoms with Gasteiger partial charge < -0.3 is 15.5 Å². The van der Waals surface area contributed by atoms with Gasteiger partial charge in [0.25, 0.3) is 0 Å². The van der Waals surface area contributed by atoms with Gasteiger partial charge in [-0.15, -0.1) is 0 Å².